The molecule has 0 spiro atoms. The molecule has 2 atom stereocenters. The summed E-state index contributed by atoms with van der Waals surface area (Å²) in [5.74, 6) is 0.732. The van der Waals surface area contributed by atoms with E-state index in [1.807, 2.05) is 19.1 Å². The van der Waals surface area contributed by atoms with Gasteiger partial charge in [0.05, 0.1) is 0 Å². The van der Waals surface area contributed by atoms with Gasteiger partial charge in [0.25, 0.3) is 0 Å². The van der Waals surface area contributed by atoms with E-state index in [0.29, 0.717) is 5.56 Å². The Bertz CT molecular complexity index is 560. The van der Waals surface area contributed by atoms with Crippen LogP contribution in [0.1, 0.15) is 63.5 Å². The second-order valence-electron chi connectivity index (χ2n) is 6.68. The predicted molar refractivity (Wildman–Crippen MR) is 92.4 cm³/mol. The lowest BCUT2D eigenvalue weighted by atomic mass is 9.73. The zero-order valence-corrected chi connectivity index (χ0v) is 14.0. The number of phenolic OH excluding ortho intramolecular Hbond substituents is 2. The van der Waals surface area contributed by atoms with Crippen LogP contribution in [-0.2, 0) is 6.42 Å². The van der Waals surface area contributed by atoms with Gasteiger partial charge in [-0.15, -0.1) is 0 Å². The molecule has 0 aromatic heterocycles. The van der Waals surface area contributed by atoms with Crippen LogP contribution in [-0.4, -0.2) is 10.2 Å². The van der Waals surface area contributed by atoms with Crippen LogP contribution in [0.5, 0.6) is 11.5 Å². The SMILES string of the molecule is C=C(C)[C@@H]1CCC(C)=CC1c1c(O)cc(CCCC)cc1O. The van der Waals surface area contributed by atoms with Gasteiger partial charge < -0.3 is 10.2 Å². The summed E-state index contributed by atoms with van der Waals surface area (Å²) in [6.07, 6.45) is 7.33. The molecule has 1 aromatic carbocycles. The van der Waals surface area contributed by atoms with Gasteiger partial charge in [0.15, 0.2) is 0 Å². The molecule has 22 heavy (non-hydrogen) atoms. The van der Waals surface area contributed by atoms with Gasteiger partial charge in [0.1, 0.15) is 11.5 Å². The third kappa shape index (κ3) is 3.55. The lowest BCUT2D eigenvalue weighted by Gasteiger charge is -2.31. The quantitative estimate of drug-likeness (QED) is 0.709. The molecule has 2 heteroatoms. The van der Waals surface area contributed by atoms with Crippen molar-refractivity contribution in [1.82, 2.24) is 0 Å². The first-order chi connectivity index (χ1) is 10.4. The first-order valence-electron chi connectivity index (χ1n) is 8.31. The van der Waals surface area contributed by atoms with Crippen LogP contribution in [0.2, 0.25) is 0 Å². The number of unbranched alkanes of at least 4 members (excludes halogenated alkanes) is 1. The Morgan fingerprint density at radius 3 is 2.45 bits per heavy atom. The number of phenols is 2. The maximum atomic E-state index is 10.5. The van der Waals surface area contributed by atoms with E-state index < -0.39 is 0 Å². The van der Waals surface area contributed by atoms with Crippen LogP contribution in [0.3, 0.4) is 0 Å². The number of aryl methyl sites for hydroxylation is 1. The molecule has 0 fully saturated rings. The molecule has 1 aliphatic carbocycles. The van der Waals surface area contributed by atoms with E-state index in [-0.39, 0.29) is 23.3 Å². The molecule has 2 rings (SSSR count). The van der Waals surface area contributed by atoms with Crippen molar-refractivity contribution in [2.24, 2.45) is 5.92 Å². The Kier molecular flexibility index (Phi) is 5.33. The number of hydrogen-bond acceptors (Lipinski definition) is 2. The van der Waals surface area contributed by atoms with Crippen molar-refractivity contribution in [3.63, 3.8) is 0 Å². The molecule has 0 radical (unpaired) electrons. The molecular formula is C20H28O2. The summed E-state index contributed by atoms with van der Waals surface area (Å²) in [5, 5.41) is 21.0. The zero-order valence-electron chi connectivity index (χ0n) is 14.0. The number of hydrogen-bond donors (Lipinski definition) is 2. The van der Waals surface area contributed by atoms with E-state index in [0.717, 1.165) is 43.2 Å². The summed E-state index contributed by atoms with van der Waals surface area (Å²) < 4.78 is 0. The second-order valence-corrected chi connectivity index (χ2v) is 6.68. The largest absolute Gasteiger partial charge is 0.507 e. The van der Waals surface area contributed by atoms with Gasteiger partial charge >= 0.3 is 0 Å². The van der Waals surface area contributed by atoms with Gasteiger partial charge in [-0.05, 0) is 63.1 Å². The highest BCUT2D eigenvalue weighted by Gasteiger charge is 2.29. The highest BCUT2D eigenvalue weighted by atomic mass is 16.3. The summed E-state index contributed by atoms with van der Waals surface area (Å²) in [4.78, 5) is 0. The molecule has 0 saturated heterocycles. The van der Waals surface area contributed by atoms with E-state index in [1.54, 1.807) is 0 Å². The van der Waals surface area contributed by atoms with Gasteiger partial charge in [0, 0.05) is 11.5 Å². The summed E-state index contributed by atoms with van der Waals surface area (Å²) in [6.45, 7) is 10.4. The van der Waals surface area contributed by atoms with Gasteiger partial charge in [-0.3, -0.25) is 0 Å². The van der Waals surface area contributed by atoms with Crippen molar-refractivity contribution in [2.75, 3.05) is 0 Å². The normalized spacial score (nSPS) is 21.5. The molecule has 0 aliphatic heterocycles. The molecule has 2 nitrogen and oxygen atoms in total. The lowest BCUT2D eigenvalue weighted by Crippen LogP contribution is -2.17. The molecule has 1 unspecified atom stereocenters. The van der Waals surface area contributed by atoms with E-state index in [9.17, 15) is 10.2 Å². The highest BCUT2D eigenvalue weighted by Crippen LogP contribution is 2.46. The molecule has 2 N–H and O–H groups in total. The van der Waals surface area contributed by atoms with Crippen LogP contribution in [0.4, 0.5) is 0 Å². The first-order valence-corrected chi connectivity index (χ1v) is 8.31. The minimum Gasteiger partial charge on any atom is -0.507 e. The van der Waals surface area contributed by atoms with Crippen LogP contribution >= 0.6 is 0 Å². The van der Waals surface area contributed by atoms with E-state index in [4.69, 9.17) is 0 Å². The Morgan fingerprint density at radius 2 is 1.91 bits per heavy atom. The number of benzene rings is 1. The number of allylic oxidation sites excluding steroid dienone is 3. The van der Waals surface area contributed by atoms with Crippen LogP contribution in [0, 0.1) is 5.92 Å². The van der Waals surface area contributed by atoms with Crippen LogP contribution in [0.15, 0.2) is 35.9 Å². The zero-order chi connectivity index (χ0) is 16.3. The predicted octanol–water partition coefficient (Wildman–Crippen LogP) is 5.46. The Hall–Kier alpha value is -1.70. The standard InChI is InChI=1S/C20H28O2/c1-5-6-7-15-11-18(21)20(19(22)12-15)17-10-14(4)8-9-16(17)13(2)3/h10-12,16-17,21-22H,2,5-9H2,1,3-4H3/t16-,17?/m0/s1. The Balaban J connectivity index is 2.41. The first kappa shape index (κ1) is 16.7. The van der Waals surface area contributed by atoms with E-state index in [2.05, 4.69) is 26.5 Å². The second kappa shape index (κ2) is 7.04. The molecule has 1 aromatic rings. The van der Waals surface area contributed by atoms with Gasteiger partial charge in [0.2, 0.25) is 0 Å². The van der Waals surface area contributed by atoms with Crippen molar-refractivity contribution < 1.29 is 10.2 Å². The molecule has 120 valence electrons. The maximum absolute atomic E-state index is 10.5. The van der Waals surface area contributed by atoms with Crippen molar-refractivity contribution in [3.05, 3.63) is 47.1 Å². The summed E-state index contributed by atoms with van der Waals surface area (Å²) in [7, 11) is 0. The van der Waals surface area contributed by atoms with E-state index in [1.165, 1.54) is 5.57 Å². The average molecular weight is 300 g/mol. The maximum Gasteiger partial charge on any atom is 0.123 e. The van der Waals surface area contributed by atoms with Crippen LogP contribution in [0.25, 0.3) is 0 Å². The molecule has 0 amide bonds. The highest BCUT2D eigenvalue weighted by molar-refractivity contribution is 5.51. The average Bonchev–Trinajstić information content (AvgIpc) is 2.44. The Labute approximate surface area is 134 Å². The topological polar surface area (TPSA) is 40.5 Å². The molecular weight excluding hydrogens is 272 g/mol. The fourth-order valence-corrected chi connectivity index (χ4v) is 3.45. The van der Waals surface area contributed by atoms with Gasteiger partial charge in [-0.2, -0.15) is 0 Å². The van der Waals surface area contributed by atoms with Crippen molar-refractivity contribution >= 4 is 0 Å². The molecule has 0 saturated carbocycles. The fraction of sp³-hybridized carbons (Fsp3) is 0.500. The molecule has 0 bridgehead atoms. The summed E-state index contributed by atoms with van der Waals surface area (Å²) in [6, 6.07) is 3.63. The smallest absolute Gasteiger partial charge is 0.123 e. The van der Waals surface area contributed by atoms with E-state index >= 15 is 0 Å². The van der Waals surface area contributed by atoms with Gasteiger partial charge in [-0.25, -0.2) is 0 Å². The molecule has 1 aliphatic rings. The third-order valence-electron chi connectivity index (χ3n) is 4.73. The Morgan fingerprint density at radius 1 is 1.27 bits per heavy atom. The monoisotopic (exact) mass is 300 g/mol. The van der Waals surface area contributed by atoms with Crippen LogP contribution < -0.4 is 0 Å². The minimum absolute atomic E-state index is 0.0199. The number of rotatable bonds is 5. The third-order valence-corrected chi connectivity index (χ3v) is 4.73. The minimum atomic E-state index is 0.0199. The van der Waals surface area contributed by atoms with Crippen molar-refractivity contribution in [2.45, 2.75) is 58.8 Å². The van der Waals surface area contributed by atoms with Crippen molar-refractivity contribution in [3.8, 4) is 11.5 Å². The summed E-state index contributed by atoms with van der Waals surface area (Å²) in [5.41, 5.74) is 4.09. The number of aromatic hydroxyl groups is 2. The fourth-order valence-electron chi connectivity index (χ4n) is 3.45. The van der Waals surface area contributed by atoms with Crippen molar-refractivity contribution in [1.29, 1.82) is 0 Å². The molecule has 0 heterocycles. The lowest BCUT2D eigenvalue weighted by molar-refractivity contribution is 0.406. The summed E-state index contributed by atoms with van der Waals surface area (Å²) >= 11 is 0. The van der Waals surface area contributed by atoms with Gasteiger partial charge in [-0.1, -0.05) is 37.1 Å².